The highest BCUT2D eigenvalue weighted by Crippen LogP contribution is 2.11. The summed E-state index contributed by atoms with van der Waals surface area (Å²) >= 11 is 5.43. The van der Waals surface area contributed by atoms with Gasteiger partial charge in [-0.2, -0.15) is 75.8 Å². The van der Waals surface area contributed by atoms with E-state index in [4.69, 9.17) is 68.1 Å². The van der Waals surface area contributed by atoms with Gasteiger partial charge < -0.3 is 76.6 Å². The van der Waals surface area contributed by atoms with E-state index in [-0.39, 0.29) is 85.0 Å². The summed E-state index contributed by atoms with van der Waals surface area (Å²) in [6.45, 7) is 37.7. The molecule has 4 unspecified atom stereocenters. The van der Waals surface area contributed by atoms with Crippen molar-refractivity contribution < 1.29 is 121 Å². The number of thioether (sulfide) groups is 4. The Balaban J connectivity index is -0.000000107. The lowest BCUT2D eigenvalue weighted by atomic mass is 10.00. The molecule has 4 saturated heterocycles. The summed E-state index contributed by atoms with van der Waals surface area (Å²) in [6, 6.07) is -4.44. The van der Waals surface area contributed by atoms with Crippen LogP contribution in [0, 0.1) is 23.7 Å². The van der Waals surface area contributed by atoms with E-state index in [0.717, 1.165) is 59.3 Å². The monoisotopic (exact) mass is 1570 g/mol. The minimum Gasteiger partial charge on any atom is -0.480 e. The number of aliphatic carboxylic acids is 4. The molecule has 32 nitrogen and oxygen atoms in total. The summed E-state index contributed by atoms with van der Waals surface area (Å²) in [4.78, 5) is 174. The number of rotatable bonds is 33. The van der Waals surface area contributed by atoms with Gasteiger partial charge in [0, 0.05) is 119 Å². The number of amides is 4. The SMILES string of the molecule is C1COC1.C1COC1.C1COC1.C1COC1.CC.CC.CC.CC.CCC(C)C(=O)N[C@H](CSC)C(=O)O.CN[C@@H](C)C(=O)CC(C)C(=O)N[C@H](CSC)C(=O)O.CN[C@H](C)C(=O)CC(C)C(=O)N[C@@H](CSC)C(=O)O.CN[C@H](C)C(=O)CC(C)C(=O)N[C@H](CSC)C(=O)O.O=C=O.O=C=O.O=C=O. The van der Waals surface area contributed by atoms with Crippen molar-refractivity contribution in [1.29, 1.82) is 0 Å². The number of Topliss-reactive ketones (excluding diaryl/α,β-unsaturated/α-hetero) is 3. The van der Waals surface area contributed by atoms with Crippen molar-refractivity contribution in [3.8, 4) is 0 Å². The van der Waals surface area contributed by atoms with Gasteiger partial charge in [0.25, 0.3) is 0 Å². The minimum atomic E-state index is -1.06. The Morgan fingerprint density at radius 1 is 0.337 bits per heavy atom. The molecular weight excluding hydrogens is 1440 g/mol. The van der Waals surface area contributed by atoms with E-state index >= 15 is 0 Å². The third-order valence-electron chi connectivity index (χ3n) is 12.8. The molecule has 0 aromatic carbocycles. The first-order chi connectivity index (χ1) is 49.2. The van der Waals surface area contributed by atoms with Gasteiger partial charge in [0.2, 0.25) is 23.6 Å². The predicted octanol–water partition coefficient (Wildman–Crippen LogP) is 5.31. The normalized spacial score (nSPS) is 14.5. The Kier molecular flexibility index (Phi) is 109. The lowest BCUT2D eigenvalue weighted by Crippen LogP contribution is -2.45. The average Bonchev–Trinajstić information content (AvgIpc) is 0.919. The highest BCUT2D eigenvalue weighted by atomic mass is 32.2. The molecule has 0 radical (unpaired) electrons. The molecule has 0 aromatic heterocycles. The third kappa shape index (κ3) is 83.3. The highest BCUT2D eigenvalue weighted by Gasteiger charge is 2.28. The number of likely N-dealkylation sites (N-methyl/N-ethyl adjacent to an activating group) is 3. The average molecular weight is 1580 g/mol. The van der Waals surface area contributed by atoms with Gasteiger partial charge >= 0.3 is 42.3 Å². The van der Waals surface area contributed by atoms with E-state index in [9.17, 15) is 52.7 Å². The molecule has 11 atom stereocenters. The van der Waals surface area contributed by atoms with Gasteiger partial charge in [-0.05, 0) is 99.0 Å². The molecule has 4 aliphatic rings. The van der Waals surface area contributed by atoms with Crippen LogP contribution in [0.2, 0.25) is 0 Å². The Bertz CT molecular complexity index is 2020. The van der Waals surface area contributed by atoms with Gasteiger partial charge in [-0.1, -0.05) is 90.0 Å². The van der Waals surface area contributed by atoms with Gasteiger partial charge in [0.15, 0.2) is 0 Å². The van der Waals surface area contributed by atoms with Crippen LogP contribution in [0.15, 0.2) is 0 Å². The summed E-state index contributed by atoms with van der Waals surface area (Å²) < 4.78 is 18.9. The quantitative estimate of drug-likeness (QED) is 0.0396. The van der Waals surface area contributed by atoms with Crippen molar-refractivity contribution in [1.82, 2.24) is 37.2 Å². The van der Waals surface area contributed by atoms with Gasteiger partial charge in [0.05, 0.1) is 18.1 Å². The van der Waals surface area contributed by atoms with Crippen molar-refractivity contribution in [3.05, 3.63) is 0 Å². The van der Waals surface area contributed by atoms with Crippen LogP contribution in [0.5, 0.6) is 0 Å². The molecule has 4 aliphatic heterocycles. The van der Waals surface area contributed by atoms with Crippen LogP contribution in [0.25, 0.3) is 0 Å². The first-order valence-electron chi connectivity index (χ1n) is 34.2. The second-order valence-corrected chi connectivity index (χ2v) is 24.2. The Morgan fingerprint density at radius 2 is 0.471 bits per heavy atom. The standard InChI is InChI=1S/3C12H22N2O4S.C9H17NO3S.4C3H6O.4C2H6.3CO2/c3*1-7(5-10(15)8(2)13-3)11(16)14-9(6-19-4)12(17)18;1-4-6(2)8(11)10-7(5-14-3)9(12)13;4*1-2-4-3-1;4*1-2;3*2-1-3/h3*7-9,13H,5-6H2,1-4H3,(H,14,16)(H,17,18);6-7H,4-5H2,1-3H3,(H,10,11)(H,12,13);4*1-3H2;4*1-2H3;;;/t2*7?,8-,9+;7?,8-,9-;6?,7-;;;;;;;;;;;/m1011.........../s1. The fourth-order valence-corrected chi connectivity index (χ4v) is 7.82. The molecular formula is C68H131N7O25S4. The summed E-state index contributed by atoms with van der Waals surface area (Å²) in [5.41, 5.74) is 0. The number of ketones is 3. The molecule has 4 heterocycles. The number of nitrogens with one attached hydrogen (secondary N) is 7. The van der Waals surface area contributed by atoms with E-state index < -0.39 is 83.5 Å². The molecule has 4 fully saturated rings. The van der Waals surface area contributed by atoms with E-state index in [1.165, 1.54) is 72.7 Å². The molecule has 0 aliphatic carbocycles. The van der Waals surface area contributed by atoms with Gasteiger partial charge in [0.1, 0.15) is 41.5 Å². The molecule has 4 rings (SSSR count). The fourth-order valence-electron chi connectivity index (χ4n) is 5.58. The maximum absolute atomic E-state index is 11.8. The van der Waals surface area contributed by atoms with E-state index in [1.807, 2.05) is 68.6 Å². The van der Waals surface area contributed by atoms with Gasteiger partial charge in [-0.3, -0.25) is 33.6 Å². The number of carboxylic acids is 4. The first kappa shape index (κ1) is 122. The molecule has 104 heavy (non-hydrogen) atoms. The Labute approximate surface area is 635 Å². The fraction of sp³-hybridized carbons (Fsp3) is 0.794. The zero-order valence-electron chi connectivity index (χ0n) is 66.0. The second-order valence-electron chi connectivity index (χ2n) is 20.6. The molecule has 4 amide bonds. The zero-order valence-corrected chi connectivity index (χ0v) is 69.3. The topological polar surface area (TPSA) is 492 Å². The lowest BCUT2D eigenvalue weighted by molar-refractivity contribution is -0.193. The van der Waals surface area contributed by atoms with Crippen LogP contribution in [0.4, 0.5) is 0 Å². The molecule has 36 heteroatoms. The predicted molar refractivity (Wildman–Crippen MR) is 405 cm³/mol. The van der Waals surface area contributed by atoms with Crippen LogP contribution >= 0.6 is 47.0 Å². The highest BCUT2D eigenvalue weighted by molar-refractivity contribution is 7.99. The summed E-state index contributed by atoms with van der Waals surface area (Å²) in [7, 11) is 5.02. The van der Waals surface area contributed by atoms with E-state index in [0.29, 0.717) is 23.0 Å². The molecule has 0 saturated carbocycles. The largest absolute Gasteiger partial charge is 0.480 e. The Hall–Kier alpha value is -5.97. The molecule has 612 valence electrons. The number of ether oxygens (including phenoxy) is 4. The molecule has 11 N–H and O–H groups in total. The number of carbonyl (C=O) groups is 11. The van der Waals surface area contributed by atoms with E-state index in [2.05, 4.69) is 37.2 Å². The maximum Gasteiger partial charge on any atom is 0.373 e. The van der Waals surface area contributed by atoms with Gasteiger partial charge in [-0.15, -0.1) is 0 Å². The molecule has 0 aromatic rings. The minimum absolute atomic E-state index is 0.0677. The zero-order chi connectivity index (χ0) is 83.6. The summed E-state index contributed by atoms with van der Waals surface area (Å²) in [6.07, 6.45) is 14.0. The summed E-state index contributed by atoms with van der Waals surface area (Å²) in [5.74, 6) is -6.20. The number of carbonyl (C=O) groups excluding carboxylic acids is 13. The lowest BCUT2D eigenvalue weighted by Gasteiger charge is -2.18. The number of hydrogen-bond donors (Lipinski definition) is 11. The summed E-state index contributed by atoms with van der Waals surface area (Å²) in [5, 5.41) is 53.9. The van der Waals surface area contributed by atoms with Crippen molar-refractivity contribution in [2.24, 2.45) is 23.7 Å². The van der Waals surface area contributed by atoms with Crippen molar-refractivity contribution in [2.45, 2.75) is 204 Å². The molecule has 0 spiro atoms. The maximum atomic E-state index is 11.8. The molecule has 0 bridgehead atoms. The van der Waals surface area contributed by atoms with Crippen LogP contribution < -0.4 is 37.2 Å². The third-order valence-corrected chi connectivity index (χ3v) is 15.4. The van der Waals surface area contributed by atoms with Crippen molar-refractivity contribution in [3.63, 3.8) is 0 Å². The van der Waals surface area contributed by atoms with Gasteiger partial charge in [-0.25, -0.2) is 19.2 Å². The van der Waals surface area contributed by atoms with Crippen molar-refractivity contribution in [2.75, 3.05) is 122 Å². The van der Waals surface area contributed by atoms with Crippen LogP contribution in [-0.2, 0) is 100 Å². The van der Waals surface area contributed by atoms with Crippen LogP contribution in [0.1, 0.15) is 162 Å². The second kappa shape index (κ2) is 93.1. The smallest absolute Gasteiger partial charge is 0.373 e. The van der Waals surface area contributed by atoms with Crippen LogP contribution in [0.3, 0.4) is 0 Å². The van der Waals surface area contributed by atoms with Crippen molar-refractivity contribution >= 4 is 130 Å². The first-order valence-corrected chi connectivity index (χ1v) is 39.8. The Morgan fingerprint density at radius 3 is 0.567 bits per heavy atom. The number of hydrogen-bond acceptors (Lipinski definition) is 28. The number of carboxylic acid groups (broad SMARTS) is 4. The van der Waals surface area contributed by atoms with Crippen LogP contribution in [-0.4, -0.2) is 268 Å². The van der Waals surface area contributed by atoms with E-state index in [1.54, 1.807) is 88.4 Å².